The van der Waals surface area contributed by atoms with E-state index in [2.05, 4.69) is 0 Å². The zero-order chi connectivity index (χ0) is 16.3. The van der Waals surface area contributed by atoms with E-state index >= 15 is 0 Å². The molecule has 1 aromatic rings. The summed E-state index contributed by atoms with van der Waals surface area (Å²) in [5.41, 5.74) is 0.530. The predicted molar refractivity (Wildman–Crippen MR) is 73.2 cm³/mol. The van der Waals surface area contributed by atoms with Crippen molar-refractivity contribution in [3.05, 3.63) is 23.8 Å². The van der Waals surface area contributed by atoms with Crippen LogP contribution in [0.1, 0.15) is 5.56 Å². The van der Waals surface area contributed by atoms with Crippen molar-refractivity contribution in [1.82, 2.24) is 0 Å². The van der Waals surface area contributed by atoms with E-state index in [1.807, 2.05) is 0 Å². The first-order valence-corrected chi connectivity index (χ1v) is 6.87. The number of aliphatic hydroxyl groups excluding tert-OH is 4. The maximum absolute atomic E-state index is 9.79. The highest BCUT2D eigenvalue weighted by atomic mass is 16.7. The van der Waals surface area contributed by atoms with Crippen LogP contribution < -0.4 is 0 Å². The van der Waals surface area contributed by atoms with Crippen molar-refractivity contribution >= 4 is 0 Å². The van der Waals surface area contributed by atoms with E-state index in [1.165, 1.54) is 18.2 Å². The maximum atomic E-state index is 9.79. The minimum absolute atomic E-state index is 0.0566. The summed E-state index contributed by atoms with van der Waals surface area (Å²) in [6, 6.07) is 4.15. The van der Waals surface area contributed by atoms with Crippen molar-refractivity contribution in [2.24, 2.45) is 0 Å². The fourth-order valence-electron chi connectivity index (χ4n) is 2.25. The van der Waals surface area contributed by atoms with Crippen LogP contribution in [0.2, 0.25) is 0 Å². The number of benzene rings is 1. The molecule has 8 nitrogen and oxygen atoms in total. The molecule has 2 rings (SSSR count). The Bertz CT molecular complexity index is 492. The van der Waals surface area contributed by atoms with Gasteiger partial charge in [0, 0.05) is 6.07 Å². The van der Waals surface area contributed by atoms with Crippen LogP contribution in [0.3, 0.4) is 0 Å². The van der Waals surface area contributed by atoms with Crippen molar-refractivity contribution in [3.8, 4) is 11.5 Å². The summed E-state index contributed by atoms with van der Waals surface area (Å²) >= 11 is 0. The van der Waals surface area contributed by atoms with E-state index < -0.39 is 37.3 Å². The molecule has 1 heterocycles. The molecule has 1 aliphatic heterocycles. The van der Waals surface area contributed by atoms with Crippen LogP contribution in [-0.2, 0) is 15.9 Å². The molecule has 5 atom stereocenters. The molecular formula is C14H20O8. The van der Waals surface area contributed by atoms with Crippen LogP contribution in [0, 0.1) is 0 Å². The zero-order valence-corrected chi connectivity index (χ0v) is 11.7. The van der Waals surface area contributed by atoms with Crippen molar-refractivity contribution in [3.63, 3.8) is 0 Å². The molecule has 124 valence electrons. The quantitative estimate of drug-likeness (QED) is 0.384. The van der Waals surface area contributed by atoms with Crippen molar-refractivity contribution in [2.75, 3.05) is 13.2 Å². The molecule has 8 heteroatoms. The van der Waals surface area contributed by atoms with E-state index in [0.717, 1.165) is 0 Å². The SMILES string of the molecule is OC[C@@H]1O[C@H](OCCc2ccc(O)cc2O)[C@@H](O)[C@H](O)[C@H]1O. The van der Waals surface area contributed by atoms with Crippen molar-refractivity contribution in [2.45, 2.75) is 37.1 Å². The van der Waals surface area contributed by atoms with Gasteiger partial charge < -0.3 is 40.1 Å². The van der Waals surface area contributed by atoms with Gasteiger partial charge in [0.1, 0.15) is 35.9 Å². The van der Waals surface area contributed by atoms with Crippen LogP contribution in [0.5, 0.6) is 11.5 Å². The highest BCUT2D eigenvalue weighted by molar-refractivity contribution is 5.38. The lowest BCUT2D eigenvalue weighted by Crippen LogP contribution is -2.59. The zero-order valence-electron chi connectivity index (χ0n) is 11.7. The number of hydrogen-bond donors (Lipinski definition) is 6. The Morgan fingerprint density at radius 2 is 1.77 bits per heavy atom. The van der Waals surface area contributed by atoms with Gasteiger partial charge in [-0.2, -0.15) is 0 Å². The first-order chi connectivity index (χ1) is 10.4. The Morgan fingerprint density at radius 3 is 2.41 bits per heavy atom. The molecule has 0 aliphatic carbocycles. The van der Waals surface area contributed by atoms with Crippen LogP contribution in [0.4, 0.5) is 0 Å². The molecule has 1 aromatic carbocycles. The van der Waals surface area contributed by atoms with Crippen LogP contribution in [0.15, 0.2) is 18.2 Å². The predicted octanol–water partition coefficient (Wildman–Crippen LogP) is -1.54. The van der Waals surface area contributed by atoms with E-state index in [1.54, 1.807) is 0 Å². The standard InChI is InChI=1S/C14H20O8/c15-6-10-11(18)12(19)13(20)14(22-10)21-4-3-7-1-2-8(16)5-9(7)17/h1-2,5,10-20H,3-4,6H2/t10-,11-,12+,13-,14-/m0/s1. The second-order valence-corrected chi connectivity index (χ2v) is 5.13. The fourth-order valence-corrected chi connectivity index (χ4v) is 2.25. The summed E-state index contributed by atoms with van der Waals surface area (Å²) in [7, 11) is 0. The summed E-state index contributed by atoms with van der Waals surface area (Å²) in [6.07, 6.45) is -6.31. The second kappa shape index (κ2) is 7.23. The molecule has 0 radical (unpaired) electrons. The molecule has 1 aliphatic rings. The summed E-state index contributed by atoms with van der Waals surface area (Å²) in [5.74, 6) is -0.145. The lowest BCUT2D eigenvalue weighted by atomic mass is 9.99. The Morgan fingerprint density at radius 1 is 1.05 bits per heavy atom. The molecule has 0 amide bonds. The Hall–Kier alpha value is -1.42. The van der Waals surface area contributed by atoms with Crippen molar-refractivity contribution < 1.29 is 40.1 Å². The van der Waals surface area contributed by atoms with Crippen LogP contribution in [-0.4, -0.2) is 74.6 Å². The van der Waals surface area contributed by atoms with E-state index in [-0.39, 0.29) is 24.5 Å². The molecule has 1 fully saturated rings. The molecule has 0 aromatic heterocycles. The summed E-state index contributed by atoms with van der Waals surface area (Å²) in [6.45, 7) is -0.468. The van der Waals surface area contributed by atoms with Gasteiger partial charge in [0.25, 0.3) is 0 Å². The molecular weight excluding hydrogens is 296 g/mol. The first kappa shape index (κ1) is 16.9. The van der Waals surface area contributed by atoms with Crippen molar-refractivity contribution in [1.29, 1.82) is 0 Å². The lowest BCUT2D eigenvalue weighted by molar-refractivity contribution is -0.300. The van der Waals surface area contributed by atoms with Gasteiger partial charge in [-0.1, -0.05) is 6.07 Å². The molecule has 6 N–H and O–H groups in total. The minimum atomic E-state index is -1.49. The second-order valence-electron chi connectivity index (χ2n) is 5.13. The van der Waals surface area contributed by atoms with E-state index in [4.69, 9.17) is 14.6 Å². The smallest absolute Gasteiger partial charge is 0.186 e. The van der Waals surface area contributed by atoms with Gasteiger partial charge in [0.05, 0.1) is 13.2 Å². The summed E-state index contributed by atoms with van der Waals surface area (Å²) in [4.78, 5) is 0. The number of phenolic OH excluding ortho intramolecular Hbond substituents is 2. The number of aliphatic hydroxyl groups is 4. The normalized spacial score (nSPS) is 32.1. The Labute approximate surface area is 126 Å². The third kappa shape index (κ3) is 3.67. The largest absolute Gasteiger partial charge is 0.508 e. The van der Waals surface area contributed by atoms with Gasteiger partial charge in [0.15, 0.2) is 6.29 Å². The number of hydrogen-bond acceptors (Lipinski definition) is 8. The monoisotopic (exact) mass is 316 g/mol. The molecule has 0 bridgehead atoms. The van der Waals surface area contributed by atoms with E-state index in [9.17, 15) is 25.5 Å². The van der Waals surface area contributed by atoms with Crippen LogP contribution in [0.25, 0.3) is 0 Å². The van der Waals surface area contributed by atoms with Gasteiger partial charge in [-0.05, 0) is 18.1 Å². The molecule has 0 saturated carbocycles. The topological polar surface area (TPSA) is 140 Å². The van der Waals surface area contributed by atoms with Gasteiger partial charge in [-0.25, -0.2) is 0 Å². The van der Waals surface area contributed by atoms with E-state index in [0.29, 0.717) is 5.56 Å². The average molecular weight is 316 g/mol. The average Bonchev–Trinajstić information content (AvgIpc) is 2.49. The number of rotatable bonds is 5. The number of phenols is 2. The Balaban J connectivity index is 1.90. The lowest BCUT2D eigenvalue weighted by Gasteiger charge is -2.39. The highest BCUT2D eigenvalue weighted by Gasteiger charge is 2.43. The van der Waals surface area contributed by atoms with Crippen LogP contribution >= 0.6 is 0 Å². The molecule has 22 heavy (non-hydrogen) atoms. The Kier molecular flexibility index (Phi) is 5.57. The van der Waals surface area contributed by atoms with Gasteiger partial charge in [-0.15, -0.1) is 0 Å². The van der Waals surface area contributed by atoms with Gasteiger partial charge in [0.2, 0.25) is 0 Å². The summed E-state index contributed by atoms with van der Waals surface area (Å²) in [5, 5.41) is 56.9. The third-order valence-electron chi connectivity index (χ3n) is 3.57. The molecule has 1 saturated heterocycles. The highest BCUT2D eigenvalue weighted by Crippen LogP contribution is 2.24. The fraction of sp³-hybridized carbons (Fsp3) is 0.571. The molecule has 0 unspecified atom stereocenters. The minimum Gasteiger partial charge on any atom is -0.508 e. The maximum Gasteiger partial charge on any atom is 0.186 e. The molecule has 0 spiro atoms. The first-order valence-electron chi connectivity index (χ1n) is 6.87. The third-order valence-corrected chi connectivity index (χ3v) is 3.57. The number of aromatic hydroxyl groups is 2. The van der Waals surface area contributed by atoms with Gasteiger partial charge in [-0.3, -0.25) is 0 Å². The van der Waals surface area contributed by atoms with Gasteiger partial charge >= 0.3 is 0 Å². The summed E-state index contributed by atoms with van der Waals surface area (Å²) < 4.78 is 10.5. The number of ether oxygens (including phenoxy) is 2.